The van der Waals surface area contributed by atoms with Crippen LogP contribution in [-0.2, 0) is 4.79 Å². The monoisotopic (exact) mass is 368 g/mol. The van der Waals surface area contributed by atoms with Gasteiger partial charge in [-0.3, -0.25) is 9.36 Å². The van der Waals surface area contributed by atoms with Gasteiger partial charge in [-0.15, -0.1) is 0 Å². The van der Waals surface area contributed by atoms with E-state index in [-0.39, 0.29) is 5.75 Å². The number of carboxylic acids is 1. The molecule has 1 aromatic heterocycles. The van der Waals surface area contributed by atoms with Crippen LogP contribution in [0.4, 0.5) is 0 Å². The van der Waals surface area contributed by atoms with Gasteiger partial charge in [0.1, 0.15) is 0 Å². The molecule has 1 N–H and O–H groups in total. The average molecular weight is 369 g/mol. The normalized spacial score (nSPS) is 11.1. The van der Waals surface area contributed by atoms with Crippen LogP contribution in [0.1, 0.15) is 31.0 Å². The molecule has 0 radical (unpaired) electrons. The summed E-state index contributed by atoms with van der Waals surface area (Å²) < 4.78 is 3.04. The lowest BCUT2D eigenvalue weighted by atomic mass is 10.1. The second kappa shape index (κ2) is 6.66. The number of aliphatic carboxylic acids is 1. The Balaban J connectivity index is 2.55. The highest BCUT2D eigenvalue weighted by atomic mass is 79.9. The predicted molar refractivity (Wildman–Crippen MR) is 88.4 cm³/mol. The van der Waals surface area contributed by atoms with Crippen LogP contribution in [0.3, 0.4) is 0 Å². The summed E-state index contributed by atoms with van der Waals surface area (Å²) in [5.41, 5.74) is 3.18. The summed E-state index contributed by atoms with van der Waals surface area (Å²) in [6, 6.07) is 6.03. The van der Waals surface area contributed by atoms with Crippen molar-refractivity contribution >= 4 is 33.7 Å². The minimum atomic E-state index is -0.844. The Morgan fingerprint density at radius 2 is 2.19 bits per heavy atom. The van der Waals surface area contributed by atoms with E-state index in [1.54, 1.807) is 0 Å². The molecule has 112 valence electrons. The number of nitrogens with zero attached hydrogens (tertiary/aromatic N) is 2. The van der Waals surface area contributed by atoms with Gasteiger partial charge in [-0.1, -0.05) is 37.7 Å². The topological polar surface area (TPSA) is 55.1 Å². The largest absolute Gasteiger partial charge is 0.481 e. The molecule has 1 aromatic carbocycles. The molecule has 2 rings (SSSR count). The van der Waals surface area contributed by atoms with E-state index >= 15 is 0 Å². The van der Waals surface area contributed by atoms with Gasteiger partial charge in [0.15, 0.2) is 5.16 Å². The molecule has 0 aliphatic rings. The molecule has 6 heteroatoms. The van der Waals surface area contributed by atoms with Crippen molar-refractivity contribution in [3.05, 3.63) is 40.1 Å². The maximum absolute atomic E-state index is 10.8. The van der Waals surface area contributed by atoms with Crippen LogP contribution < -0.4 is 0 Å². The number of hydrogen-bond acceptors (Lipinski definition) is 3. The fraction of sp³-hybridized carbons (Fsp3) is 0.333. The van der Waals surface area contributed by atoms with Crippen LogP contribution in [0.15, 0.2) is 34.0 Å². The van der Waals surface area contributed by atoms with E-state index in [0.717, 1.165) is 21.4 Å². The van der Waals surface area contributed by atoms with Gasteiger partial charge in [-0.05, 0) is 40.4 Å². The van der Waals surface area contributed by atoms with Crippen molar-refractivity contribution in [2.75, 3.05) is 5.75 Å². The van der Waals surface area contributed by atoms with E-state index in [9.17, 15) is 4.79 Å². The molecular weight excluding hydrogens is 352 g/mol. The van der Waals surface area contributed by atoms with Crippen LogP contribution in [-0.4, -0.2) is 26.4 Å². The number of carbonyl (C=O) groups is 1. The summed E-state index contributed by atoms with van der Waals surface area (Å²) in [6.45, 7) is 6.23. The van der Waals surface area contributed by atoms with Gasteiger partial charge in [-0.25, -0.2) is 4.98 Å². The fourth-order valence-corrected chi connectivity index (χ4v) is 3.18. The standard InChI is InChI=1S/C15H17BrN2O2S/c1-9(2)12-7-17-15(21-8-13(19)20)18(12)11-6-4-5-10(3)14(11)16/h4-7,9H,8H2,1-3H3,(H,19,20). The Kier molecular flexibility index (Phi) is 5.11. The average Bonchev–Trinajstić information content (AvgIpc) is 2.83. The first-order chi connectivity index (χ1) is 9.91. The third-order valence-corrected chi connectivity index (χ3v) is 5.05. The minimum absolute atomic E-state index is 0.00200. The molecular formula is C15H17BrN2O2S. The van der Waals surface area contributed by atoms with Crippen molar-refractivity contribution in [2.24, 2.45) is 0 Å². The van der Waals surface area contributed by atoms with Crippen LogP contribution in [0.5, 0.6) is 0 Å². The Bertz CT molecular complexity index is 668. The summed E-state index contributed by atoms with van der Waals surface area (Å²) in [5, 5.41) is 9.59. The van der Waals surface area contributed by atoms with E-state index in [2.05, 4.69) is 34.8 Å². The smallest absolute Gasteiger partial charge is 0.313 e. The molecule has 0 amide bonds. The quantitative estimate of drug-likeness (QED) is 0.801. The minimum Gasteiger partial charge on any atom is -0.481 e. The number of carboxylic acid groups (broad SMARTS) is 1. The van der Waals surface area contributed by atoms with Crippen LogP contribution in [0.2, 0.25) is 0 Å². The lowest BCUT2D eigenvalue weighted by Gasteiger charge is -2.16. The zero-order chi connectivity index (χ0) is 15.6. The number of rotatable bonds is 5. The number of thioether (sulfide) groups is 1. The van der Waals surface area contributed by atoms with Gasteiger partial charge < -0.3 is 5.11 Å². The van der Waals surface area contributed by atoms with Crippen LogP contribution >= 0.6 is 27.7 Å². The first kappa shape index (κ1) is 16.1. The van der Waals surface area contributed by atoms with Gasteiger partial charge in [0, 0.05) is 10.2 Å². The van der Waals surface area contributed by atoms with E-state index in [0.29, 0.717) is 11.1 Å². The maximum Gasteiger partial charge on any atom is 0.313 e. The van der Waals surface area contributed by atoms with Gasteiger partial charge in [0.25, 0.3) is 0 Å². The van der Waals surface area contributed by atoms with Crippen molar-refractivity contribution < 1.29 is 9.90 Å². The SMILES string of the molecule is Cc1cccc(-n2c(C(C)C)cnc2SCC(=O)O)c1Br. The number of benzene rings is 1. The molecule has 0 unspecified atom stereocenters. The first-order valence-electron chi connectivity index (χ1n) is 6.59. The second-order valence-corrected chi connectivity index (χ2v) is 6.78. The molecule has 0 saturated carbocycles. The number of aromatic nitrogens is 2. The first-order valence-corrected chi connectivity index (χ1v) is 8.37. The number of imidazole rings is 1. The summed E-state index contributed by atoms with van der Waals surface area (Å²) in [4.78, 5) is 15.2. The van der Waals surface area contributed by atoms with E-state index in [4.69, 9.17) is 5.11 Å². The lowest BCUT2D eigenvalue weighted by molar-refractivity contribution is -0.133. The van der Waals surface area contributed by atoms with Crippen molar-refractivity contribution in [1.29, 1.82) is 0 Å². The molecule has 0 aliphatic heterocycles. The molecule has 0 aliphatic carbocycles. The zero-order valence-corrected chi connectivity index (χ0v) is 14.5. The summed E-state index contributed by atoms with van der Waals surface area (Å²) in [7, 11) is 0. The zero-order valence-electron chi connectivity index (χ0n) is 12.1. The highest BCUT2D eigenvalue weighted by Crippen LogP contribution is 2.32. The molecule has 0 spiro atoms. The van der Waals surface area contributed by atoms with Gasteiger partial charge in [-0.2, -0.15) is 0 Å². The molecule has 0 saturated heterocycles. The lowest BCUT2D eigenvalue weighted by Crippen LogP contribution is -2.06. The molecule has 0 atom stereocenters. The third kappa shape index (κ3) is 3.49. The van der Waals surface area contributed by atoms with Gasteiger partial charge in [0.05, 0.1) is 17.6 Å². The molecule has 1 heterocycles. The molecule has 4 nitrogen and oxygen atoms in total. The van der Waals surface area contributed by atoms with Gasteiger partial charge >= 0.3 is 5.97 Å². The number of hydrogen-bond donors (Lipinski definition) is 1. The Morgan fingerprint density at radius 1 is 1.48 bits per heavy atom. The van der Waals surface area contributed by atoms with E-state index in [1.165, 1.54) is 11.8 Å². The second-order valence-electron chi connectivity index (χ2n) is 5.05. The molecule has 0 bridgehead atoms. The Hall–Kier alpha value is -1.27. The van der Waals surface area contributed by atoms with Crippen molar-refractivity contribution in [3.8, 4) is 5.69 Å². The van der Waals surface area contributed by atoms with Crippen LogP contribution in [0.25, 0.3) is 5.69 Å². The summed E-state index contributed by atoms with van der Waals surface area (Å²) in [5.74, 6) is -0.550. The highest BCUT2D eigenvalue weighted by molar-refractivity contribution is 9.10. The fourth-order valence-electron chi connectivity index (χ4n) is 2.03. The Morgan fingerprint density at radius 3 is 2.81 bits per heavy atom. The van der Waals surface area contributed by atoms with Gasteiger partial charge in [0.2, 0.25) is 0 Å². The molecule has 2 aromatic rings. The summed E-state index contributed by atoms with van der Waals surface area (Å²) in [6.07, 6.45) is 1.82. The van der Waals surface area contributed by atoms with Crippen molar-refractivity contribution in [1.82, 2.24) is 9.55 Å². The van der Waals surface area contributed by atoms with Crippen molar-refractivity contribution in [2.45, 2.75) is 31.8 Å². The van der Waals surface area contributed by atoms with E-state index in [1.807, 2.05) is 35.9 Å². The highest BCUT2D eigenvalue weighted by Gasteiger charge is 2.18. The van der Waals surface area contributed by atoms with Crippen molar-refractivity contribution in [3.63, 3.8) is 0 Å². The number of aryl methyl sites for hydroxylation is 1. The Labute approximate surface area is 136 Å². The maximum atomic E-state index is 10.8. The van der Waals surface area contributed by atoms with Crippen LogP contribution in [0, 0.1) is 6.92 Å². The third-order valence-electron chi connectivity index (χ3n) is 3.09. The molecule has 0 fully saturated rings. The predicted octanol–water partition coefficient (Wildman–Crippen LogP) is 4.24. The number of halogens is 1. The summed E-state index contributed by atoms with van der Waals surface area (Å²) >= 11 is 4.86. The van der Waals surface area contributed by atoms with E-state index < -0.39 is 5.97 Å². The molecule has 21 heavy (non-hydrogen) atoms.